The minimum atomic E-state index is 0.910. The summed E-state index contributed by atoms with van der Waals surface area (Å²) in [7, 11) is 2.09. The lowest BCUT2D eigenvalue weighted by Gasteiger charge is -2.36. The Hall–Kier alpha value is -0.0800. The highest BCUT2D eigenvalue weighted by atomic mass is 15.1. The molecule has 2 saturated carbocycles. The Morgan fingerprint density at radius 1 is 1.18 bits per heavy atom. The third-order valence-corrected chi connectivity index (χ3v) is 5.47. The molecule has 0 aromatic heterocycles. The van der Waals surface area contributed by atoms with Gasteiger partial charge in [-0.2, -0.15) is 0 Å². The van der Waals surface area contributed by atoms with Gasteiger partial charge in [0.1, 0.15) is 0 Å². The molecule has 17 heavy (non-hydrogen) atoms. The quantitative estimate of drug-likeness (QED) is 0.806. The van der Waals surface area contributed by atoms with Crippen LogP contribution in [0.15, 0.2) is 0 Å². The van der Waals surface area contributed by atoms with Crippen molar-refractivity contribution in [3.05, 3.63) is 0 Å². The standard InChI is InChI=1S/C15H28N2/c1-16-9-13-3-2-6-17(10-13)11-15-8-12-4-5-14(15)7-12/h12-16H,2-11H2,1H3. The number of piperidine rings is 1. The highest BCUT2D eigenvalue weighted by Crippen LogP contribution is 2.48. The summed E-state index contributed by atoms with van der Waals surface area (Å²) in [4.78, 5) is 2.77. The fraction of sp³-hybridized carbons (Fsp3) is 1.00. The van der Waals surface area contributed by atoms with Crippen LogP contribution < -0.4 is 5.32 Å². The van der Waals surface area contributed by atoms with Gasteiger partial charge in [-0.05, 0) is 75.9 Å². The summed E-state index contributed by atoms with van der Waals surface area (Å²) in [5.74, 6) is 4.18. The molecule has 1 saturated heterocycles. The maximum absolute atomic E-state index is 3.35. The summed E-state index contributed by atoms with van der Waals surface area (Å²) in [5.41, 5.74) is 0. The van der Waals surface area contributed by atoms with Gasteiger partial charge < -0.3 is 10.2 Å². The van der Waals surface area contributed by atoms with Gasteiger partial charge in [0.05, 0.1) is 0 Å². The summed E-state index contributed by atoms with van der Waals surface area (Å²) in [5, 5.41) is 3.35. The molecule has 1 aliphatic heterocycles. The van der Waals surface area contributed by atoms with Crippen LogP contribution in [0.5, 0.6) is 0 Å². The molecule has 2 bridgehead atoms. The van der Waals surface area contributed by atoms with Gasteiger partial charge in [0, 0.05) is 13.1 Å². The molecular formula is C15H28N2. The molecule has 0 spiro atoms. The zero-order valence-electron chi connectivity index (χ0n) is 11.3. The van der Waals surface area contributed by atoms with Crippen LogP contribution >= 0.6 is 0 Å². The van der Waals surface area contributed by atoms with Crippen LogP contribution in [0.3, 0.4) is 0 Å². The predicted molar refractivity (Wildman–Crippen MR) is 72.0 cm³/mol. The molecule has 1 heterocycles. The number of nitrogens with zero attached hydrogens (tertiary/aromatic N) is 1. The van der Waals surface area contributed by atoms with Crippen LogP contribution in [0.25, 0.3) is 0 Å². The van der Waals surface area contributed by atoms with E-state index in [9.17, 15) is 0 Å². The average Bonchev–Trinajstić information content (AvgIpc) is 2.92. The summed E-state index contributed by atoms with van der Waals surface area (Å²) in [6.45, 7) is 5.36. The zero-order chi connectivity index (χ0) is 11.7. The maximum atomic E-state index is 3.35. The van der Waals surface area contributed by atoms with Crippen LogP contribution in [0.1, 0.15) is 38.5 Å². The fourth-order valence-corrected chi connectivity index (χ4v) is 4.70. The van der Waals surface area contributed by atoms with Crippen molar-refractivity contribution < 1.29 is 0 Å². The summed E-state index contributed by atoms with van der Waals surface area (Å²) in [6.07, 6.45) is 9.07. The first-order valence-corrected chi connectivity index (χ1v) is 7.72. The largest absolute Gasteiger partial charge is 0.319 e. The summed E-state index contributed by atoms with van der Waals surface area (Å²) < 4.78 is 0. The van der Waals surface area contributed by atoms with E-state index in [2.05, 4.69) is 17.3 Å². The normalized spacial score (nSPS) is 42.2. The van der Waals surface area contributed by atoms with Gasteiger partial charge in [-0.3, -0.25) is 0 Å². The molecule has 0 radical (unpaired) electrons. The lowest BCUT2D eigenvalue weighted by molar-refractivity contribution is 0.131. The smallest absolute Gasteiger partial charge is 0.00219 e. The average molecular weight is 236 g/mol. The van der Waals surface area contributed by atoms with Crippen molar-refractivity contribution >= 4 is 0 Å². The van der Waals surface area contributed by atoms with Gasteiger partial charge in [0.15, 0.2) is 0 Å². The first-order valence-electron chi connectivity index (χ1n) is 7.72. The van der Waals surface area contributed by atoms with Gasteiger partial charge in [0.2, 0.25) is 0 Å². The first-order chi connectivity index (χ1) is 8.35. The summed E-state index contributed by atoms with van der Waals surface area (Å²) in [6, 6.07) is 0. The molecular weight excluding hydrogens is 208 g/mol. The van der Waals surface area contributed by atoms with Crippen molar-refractivity contribution in [2.75, 3.05) is 33.2 Å². The topological polar surface area (TPSA) is 15.3 Å². The Balaban J connectivity index is 1.48. The number of hydrogen-bond donors (Lipinski definition) is 1. The second kappa shape index (κ2) is 5.27. The number of hydrogen-bond acceptors (Lipinski definition) is 2. The van der Waals surface area contributed by atoms with E-state index in [1.807, 2.05) is 0 Å². The molecule has 2 nitrogen and oxygen atoms in total. The molecule has 4 atom stereocenters. The van der Waals surface area contributed by atoms with E-state index in [1.165, 1.54) is 39.0 Å². The predicted octanol–water partition coefficient (Wildman–Crippen LogP) is 2.35. The van der Waals surface area contributed by atoms with E-state index in [-0.39, 0.29) is 0 Å². The third-order valence-electron chi connectivity index (χ3n) is 5.47. The van der Waals surface area contributed by atoms with Crippen LogP contribution in [0.2, 0.25) is 0 Å². The molecule has 4 unspecified atom stereocenters. The molecule has 98 valence electrons. The second-order valence-electron chi connectivity index (χ2n) is 6.76. The van der Waals surface area contributed by atoms with E-state index in [0.717, 1.165) is 23.7 Å². The van der Waals surface area contributed by atoms with E-state index in [0.29, 0.717) is 0 Å². The highest BCUT2D eigenvalue weighted by Gasteiger charge is 2.40. The van der Waals surface area contributed by atoms with Crippen molar-refractivity contribution in [2.45, 2.75) is 38.5 Å². The molecule has 0 aromatic carbocycles. The number of nitrogens with one attached hydrogen (secondary N) is 1. The van der Waals surface area contributed by atoms with Crippen LogP contribution in [-0.4, -0.2) is 38.1 Å². The van der Waals surface area contributed by atoms with E-state index in [1.54, 1.807) is 25.7 Å². The number of rotatable bonds is 4. The minimum Gasteiger partial charge on any atom is -0.319 e. The first kappa shape index (κ1) is 12.0. The molecule has 3 rings (SSSR count). The minimum absolute atomic E-state index is 0.910. The molecule has 3 fully saturated rings. The molecule has 2 heteroatoms. The molecule has 0 amide bonds. The van der Waals surface area contributed by atoms with Gasteiger partial charge >= 0.3 is 0 Å². The van der Waals surface area contributed by atoms with Crippen molar-refractivity contribution in [3.63, 3.8) is 0 Å². The third kappa shape index (κ3) is 2.68. The second-order valence-corrected chi connectivity index (χ2v) is 6.76. The molecule has 3 aliphatic rings. The fourth-order valence-electron chi connectivity index (χ4n) is 4.70. The lowest BCUT2D eigenvalue weighted by atomic mass is 9.87. The van der Waals surface area contributed by atoms with E-state index in [4.69, 9.17) is 0 Å². The SMILES string of the molecule is CNCC1CCCN(CC2CC3CCC2C3)C1. The Morgan fingerprint density at radius 2 is 2.12 bits per heavy atom. The van der Waals surface area contributed by atoms with Crippen LogP contribution in [0, 0.1) is 23.7 Å². The Labute approximate surface area is 106 Å². The van der Waals surface area contributed by atoms with Crippen molar-refractivity contribution in [3.8, 4) is 0 Å². The summed E-state index contributed by atoms with van der Waals surface area (Å²) >= 11 is 0. The van der Waals surface area contributed by atoms with Crippen LogP contribution in [0.4, 0.5) is 0 Å². The Kier molecular flexibility index (Phi) is 3.72. The van der Waals surface area contributed by atoms with Gasteiger partial charge in [-0.15, -0.1) is 0 Å². The highest BCUT2D eigenvalue weighted by molar-refractivity contribution is 4.91. The molecule has 1 N–H and O–H groups in total. The van der Waals surface area contributed by atoms with Crippen molar-refractivity contribution in [1.82, 2.24) is 10.2 Å². The van der Waals surface area contributed by atoms with Crippen molar-refractivity contribution in [1.29, 1.82) is 0 Å². The zero-order valence-corrected chi connectivity index (χ0v) is 11.3. The van der Waals surface area contributed by atoms with Crippen LogP contribution in [-0.2, 0) is 0 Å². The van der Waals surface area contributed by atoms with Gasteiger partial charge in [-0.1, -0.05) is 6.42 Å². The van der Waals surface area contributed by atoms with Gasteiger partial charge in [0.25, 0.3) is 0 Å². The van der Waals surface area contributed by atoms with E-state index >= 15 is 0 Å². The van der Waals surface area contributed by atoms with E-state index < -0.39 is 0 Å². The lowest BCUT2D eigenvalue weighted by Crippen LogP contribution is -2.42. The Morgan fingerprint density at radius 3 is 2.82 bits per heavy atom. The number of likely N-dealkylation sites (tertiary alicyclic amines) is 1. The van der Waals surface area contributed by atoms with Crippen molar-refractivity contribution in [2.24, 2.45) is 23.7 Å². The number of fused-ring (bicyclic) bond motifs is 2. The maximum Gasteiger partial charge on any atom is 0.00219 e. The van der Waals surface area contributed by atoms with Gasteiger partial charge in [-0.25, -0.2) is 0 Å². The molecule has 0 aromatic rings. The Bertz CT molecular complexity index is 251. The molecule has 2 aliphatic carbocycles. The monoisotopic (exact) mass is 236 g/mol.